The molecule has 1 fully saturated rings. The number of ketones is 1. The van der Waals surface area contributed by atoms with E-state index in [4.69, 9.17) is 4.74 Å². The summed E-state index contributed by atoms with van der Waals surface area (Å²) in [7, 11) is 1.68. The molecule has 1 aromatic heterocycles. The Balaban J connectivity index is 1.81. The second-order valence-electron chi connectivity index (χ2n) is 10.2. The van der Waals surface area contributed by atoms with Crippen LogP contribution in [0.25, 0.3) is 0 Å². The van der Waals surface area contributed by atoms with Gasteiger partial charge in [0.1, 0.15) is 6.61 Å². The van der Waals surface area contributed by atoms with Crippen LogP contribution in [0.15, 0.2) is 29.4 Å². The molecule has 0 bridgehead atoms. The van der Waals surface area contributed by atoms with Gasteiger partial charge in [-0.1, -0.05) is 46.4 Å². The first-order valence-corrected chi connectivity index (χ1v) is 13.3. The number of ether oxygens (including phenoxy) is 1. The van der Waals surface area contributed by atoms with Gasteiger partial charge in [-0.25, -0.2) is 9.48 Å². The number of esters is 1. The van der Waals surface area contributed by atoms with Gasteiger partial charge >= 0.3 is 5.97 Å². The van der Waals surface area contributed by atoms with Gasteiger partial charge in [-0.2, -0.15) is 0 Å². The van der Waals surface area contributed by atoms with Crippen molar-refractivity contribution >= 4 is 46.9 Å². The predicted octanol–water partition coefficient (Wildman–Crippen LogP) is 3.01. The molecule has 200 valence electrons. The van der Waals surface area contributed by atoms with Gasteiger partial charge in [-0.15, -0.1) is 16.9 Å². The van der Waals surface area contributed by atoms with Crippen molar-refractivity contribution in [2.24, 2.45) is 12.5 Å². The van der Waals surface area contributed by atoms with Crippen molar-refractivity contribution in [3.05, 3.63) is 39.9 Å². The molecule has 1 aromatic carbocycles. The number of nitro benzene ring substituents is 1. The second kappa shape index (κ2) is 11.2. The average Bonchev–Trinajstić information content (AvgIpc) is 3.23. The fourth-order valence-corrected chi connectivity index (χ4v) is 5.89. The molecule has 2 unspecified atom stereocenters. The Morgan fingerprint density at radius 1 is 1.22 bits per heavy atom. The van der Waals surface area contributed by atoms with Gasteiger partial charge in [0.25, 0.3) is 5.69 Å². The number of Topliss-reactive ketones (excluding diaryl/α,β-unsaturated/α-hetero) is 1. The number of likely N-dealkylation sites (tertiary alicyclic amines) is 1. The molecule has 1 aliphatic rings. The summed E-state index contributed by atoms with van der Waals surface area (Å²) in [6, 6.07) is 4.15. The van der Waals surface area contributed by atoms with Crippen LogP contribution in [-0.2, 0) is 32.8 Å². The zero-order chi connectivity index (χ0) is 27.5. The van der Waals surface area contributed by atoms with Crippen molar-refractivity contribution in [3.63, 3.8) is 0 Å². The van der Waals surface area contributed by atoms with E-state index >= 15 is 0 Å². The molecule has 0 spiro atoms. The smallest absolute Gasteiger partial charge is 0.337 e. The molecule has 1 aliphatic heterocycles. The molecule has 0 radical (unpaired) electrons. The number of hydrogen-bond acceptors (Lipinski definition) is 11. The summed E-state index contributed by atoms with van der Waals surface area (Å²) in [6.07, 6.45) is 0.223. The number of rotatable bonds is 11. The van der Waals surface area contributed by atoms with E-state index in [9.17, 15) is 24.5 Å². The summed E-state index contributed by atoms with van der Waals surface area (Å²) >= 11 is 2.78. The maximum Gasteiger partial charge on any atom is 0.337 e. The number of β-lactam (4-membered cyclic amide) rings is 1. The lowest BCUT2D eigenvalue weighted by molar-refractivity contribution is -0.384. The molecule has 2 heterocycles. The number of nitro groups is 1. The SMILES string of the molecule is Cn1nnnc1SCC(C)(C)C(=O)C(C(=O)OCc1ccc([N+](=O)[O-])cc1)N1C(=O)CC1SC(C)(C)C. The zero-order valence-corrected chi connectivity index (χ0v) is 23.2. The molecule has 1 amide bonds. The van der Waals surface area contributed by atoms with Crippen LogP contribution in [0.2, 0.25) is 0 Å². The quantitative estimate of drug-likeness (QED) is 0.101. The molecule has 37 heavy (non-hydrogen) atoms. The van der Waals surface area contributed by atoms with Crippen molar-refractivity contribution in [1.82, 2.24) is 25.1 Å². The highest BCUT2D eigenvalue weighted by molar-refractivity contribution is 8.01. The highest BCUT2D eigenvalue weighted by Crippen LogP contribution is 2.41. The van der Waals surface area contributed by atoms with E-state index in [1.54, 1.807) is 20.9 Å². The van der Waals surface area contributed by atoms with E-state index in [0.717, 1.165) is 0 Å². The van der Waals surface area contributed by atoms with E-state index < -0.39 is 28.1 Å². The van der Waals surface area contributed by atoms with Gasteiger partial charge in [0.2, 0.25) is 11.1 Å². The predicted molar refractivity (Wildman–Crippen MR) is 138 cm³/mol. The van der Waals surface area contributed by atoms with Crippen LogP contribution in [0.1, 0.15) is 46.6 Å². The molecular weight excluding hydrogens is 520 g/mol. The monoisotopic (exact) mass is 550 g/mol. The van der Waals surface area contributed by atoms with Gasteiger partial charge in [-0.05, 0) is 28.1 Å². The third-order valence-electron chi connectivity index (χ3n) is 5.53. The van der Waals surface area contributed by atoms with Gasteiger partial charge in [0, 0.05) is 35.1 Å². The molecule has 12 nitrogen and oxygen atoms in total. The van der Waals surface area contributed by atoms with Crippen LogP contribution in [-0.4, -0.2) is 69.6 Å². The molecule has 2 atom stereocenters. The summed E-state index contributed by atoms with van der Waals surface area (Å²) < 4.78 is 6.76. The second-order valence-corrected chi connectivity index (χ2v) is 13.2. The number of amides is 1. The normalized spacial score (nSPS) is 16.8. The van der Waals surface area contributed by atoms with Crippen LogP contribution in [0.4, 0.5) is 5.69 Å². The molecule has 0 saturated carbocycles. The van der Waals surface area contributed by atoms with Crippen LogP contribution >= 0.6 is 23.5 Å². The topological polar surface area (TPSA) is 150 Å². The Bertz CT molecular complexity index is 1180. The number of benzene rings is 1. The Morgan fingerprint density at radius 2 is 1.86 bits per heavy atom. The molecule has 0 N–H and O–H groups in total. The van der Waals surface area contributed by atoms with Crippen LogP contribution < -0.4 is 0 Å². The Morgan fingerprint density at radius 3 is 2.38 bits per heavy atom. The fourth-order valence-electron chi connectivity index (χ4n) is 3.54. The van der Waals surface area contributed by atoms with Crippen LogP contribution in [0, 0.1) is 15.5 Å². The number of hydrogen-bond donors (Lipinski definition) is 0. The minimum atomic E-state index is -1.42. The van der Waals surface area contributed by atoms with Gasteiger partial charge in [0.05, 0.1) is 16.7 Å². The van der Waals surface area contributed by atoms with Gasteiger partial charge in [0.15, 0.2) is 11.8 Å². The summed E-state index contributed by atoms with van der Waals surface area (Å²) in [5.41, 5.74) is -0.598. The molecule has 14 heteroatoms. The van der Waals surface area contributed by atoms with E-state index in [0.29, 0.717) is 10.7 Å². The maximum atomic E-state index is 13.8. The molecule has 3 rings (SSSR count). The number of thioether (sulfide) groups is 2. The van der Waals surface area contributed by atoms with E-state index in [-0.39, 0.29) is 40.5 Å². The summed E-state index contributed by atoms with van der Waals surface area (Å²) in [5, 5.41) is 22.3. The van der Waals surface area contributed by atoms with Crippen molar-refractivity contribution in [3.8, 4) is 0 Å². The van der Waals surface area contributed by atoms with E-state index in [2.05, 4.69) is 15.5 Å². The van der Waals surface area contributed by atoms with Gasteiger partial charge < -0.3 is 9.64 Å². The minimum Gasteiger partial charge on any atom is -0.459 e. The lowest BCUT2D eigenvalue weighted by Crippen LogP contribution is -2.64. The van der Waals surface area contributed by atoms with E-state index in [1.807, 2.05) is 20.8 Å². The number of non-ortho nitro benzene ring substituents is 1. The first kappa shape index (κ1) is 28.6. The molecule has 1 saturated heterocycles. The summed E-state index contributed by atoms with van der Waals surface area (Å²) in [4.78, 5) is 51.6. The van der Waals surface area contributed by atoms with Crippen LogP contribution in [0.3, 0.4) is 0 Å². The zero-order valence-electron chi connectivity index (χ0n) is 21.5. The van der Waals surface area contributed by atoms with Crippen molar-refractivity contribution in [2.45, 2.75) is 69.0 Å². The summed E-state index contributed by atoms with van der Waals surface area (Å²) in [5.74, 6) is -1.32. The summed E-state index contributed by atoms with van der Waals surface area (Å²) in [6.45, 7) is 9.21. The number of carbonyl (C=O) groups excluding carboxylic acids is 3. The Kier molecular flexibility index (Phi) is 8.63. The first-order valence-electron chi connectivity index (χ1n) is 11.5. The fraction of sp³-hybridized carbons (Fsp3) is 0.565. The lowest BCUT2D eigenvalue weighted by Gasteiger charge is -2.46. The van der Waals surface area contributed by atoms with Crippen molar-refractivity contribution in [2.75, 3.05) is 5.75 Å². The first-order chi connectivity index (χ1) is 17.2. The highest BCUT2D eigenvalue weighted by Gasteiger charge is 2.52. The molecular formula is C23H30N6O6S2. The van der Waals surface area contributed by atoms with E-state index in [1.165, 1.54) is 57.4 Å². The number of carbonyl (C=O) groups is 3. The maximum absolute atomic E-state index is 13.8. The van der Waals surface area contributed by atoms with Gasteiger partial charge in [-0.3, -0.25) is 19.7 Å². The Labute approximate surface area is 223 Å². The average molecular weight is 551 g/mol. The number of aromatic nitrogens is 4. The number of nitrogens with zero attached hydrogens (tertiary/aromatic N) is 6. The Hall–Kier alpha value is -3.00. The van der Waals surface area contributed by atoms with Crippen molar-refractivity contribution in [1.29, 1.82) is 0 Å². The highest BCUT2D eigenvalue weighted by atomic mass is 32.2. The third kappa shape index (κ3) is 7.06. The van der Waals surface area contributed by atoms with Crippen molar-refractivity contribution < 1.29 is 24.0 Å². The lowest BCUT2D eigenvalue weighted by atomic mass is 9.84. The number of aryl methyl sites for hydroxylation is 1. The van der Waals surface area contributed by atoms with Crippen LogP contribution in [0.5, 0.6) is 0 Å². The number of tetrazole rings is 1. The standard InChI is InChI=1S/C23H30N6O6S2/c1-22(2,3)37-17-11-16(30)28(17)18(19(31)23(4,5)13-36-21-24-25-26-27(21)6)20(32)35-12-14-7-9-15(10-8-14)29(33)34/h7-10,17-18H,11-13H2,1-6H3. The molecule has 2 aromatic rings. The largest absolute Gasteiger partial charge is 0.459 e. The minimum absolute atomic E-state index is 0.0892. The third-order valence-corrected chi connectivity index (χ3v) is 8.37. The molecule has 0 aliphatic carbocycles.